The summed E-state index contributed by atoms with van der Waals surface area (Å²) >= 11 is 0. The molecule has 1 aromatic heterocycles. The molecule has 4 rings (SSSR count). The van der Waals surface area contributed by atoms with Crippen LogP contribution in [0.1, 0.15) is 42.1 Å². The van der Waals surface area contributed by atoms with E-state index in [-0.39, 0.29) is 5.91 Å². The third-order valence-corrected chi connectivity index (χ3v) is 5.33. The zero-order valence-corrected chi connectivity index (χ0v) is 17.3. The van der Waals surface area contributed by atoms with Crippen LogP contribution in [0.4, 0.5) is 5.69 Å². The van der Waals surface area contributed by atoms with Crippen LogP contribution in [0.25, 0.3) is 22.6 Å². The molecular formula is C25H24N2O3. The molecule has 4 aromatic rings. The Morgan fingerprint density at radius 1 is 1.10 bits per heavy atom. The number of para-hydroxylation sites is 1. The van der Waals surface area contributed by atoms with Crippen LogP contribution in [0.3, 0.4) is 0 Å². The van der Waals surface area contributed by atoms with Crippen molar-refractivity contribution in [3.05, 3.63) is 77.9 Å². The van der Waals surface area contributed by atoms with Gasteiger partial charge in [-0.1, -0.05) is 32.0 Å². The van der Waals surface area contributed by atoms with E-state index in [4.69, 9.17) is 9.15 Å². The van der Waals surface area contributed by atoms with E-state index >= 15 is 0 Å². The van der Waals surface area contributed by atoms with Gasteiger partial charge in [0.1, 0.15) is 11.3 Å². The number of aromatic nitrogens is 1. The summed E-state index contributed by atoms with van der Waals surface area (Å²) in [6.45, 7) is 4.39. The number of rotatable bonds is 6. The maximum Gasteiger partial charge on any atom is 0.259 e. The van der Waals surface area contributed by atoms with Crippen molar-refractivity contribution in [1.29, 1.82) is 0 Å². The Kier molecular flexibility index (Phi) is 5.53. The van der Waals surface area contributed by atoms with E-state index in [0.29, 0.717) is 28.8 Å². The van der Waals surface area contributed by atoms with Gasteiger partial charge in [0.25, 0.3) is 5.91 Å². The highest BCUT2D eigenvalue weighted by Crippen LogP contribution is 2.29. The highest BCUT2D eigenvalue weighted by Gasteiger charge is 2.13. The molecule has 1 N–H and O–H groups in total. The lowest BCUT2D eigenvalue weighted by molar-refractivity contribution is 0.102. The zero-order chi connectivity index (χ0) is 21.1. The van der Waals surface area contributed by atoms with E-state index in [2.05, 4.69) is 36.3 Å². The summed E-state index contributed by atoms with van der Waals surface area (Å²) < 4.78 is 11.2. The first-order valence-electron chi connectivity index (χ1n) is 10.0. The molecule has 0 aliphatic carbocycles. The molecule has 3 aromatic carbocycles. The minimum Gasteiger partial charge on any atom is -0.496 e. The number of carbonyl (C=O) groups is 1. The summed E-state index contributed by atoms with van der Waals surface area (Å²) in [7, 11) is 1.55. The van der Waals surface area contributed by atoms with Crippen molar-refractivity contribution in [3.63, 3.8) is 0 Å². The molecule has 5 nitrogen and oxygen atoms in total. The van der Waals surface area contributed by atoms with Crippen LogP contribution < -0.4 is 10.1 Å². The van der Waals surface area contributed by atoms with Gasteiger partial charge in [0.05, 0.1) is 12.7 Å². The molecule has 30 heavy (non-hydrogen) atoms. The fourth-order valence-electron chi connectivity index (χ4n) is 3.34. The molecule has 0 bridgehead atoms. The summed E-state index contributed by atoms with van der Waals surface area (Å²) in [5.74, 6) is 1.36. The number of carbonyl (C=O) groups excluding carboxylic acids is 1. The number of nitrogens with zero attached hydrogens (tertiary/aromatic N) is 1. The van der Waals surface area contributed by atoms with E-state index in [1.165, 1.54) is 5.56 Å². The summed E-state index contributed by atoms with van der Waals surface area (Å²) in [6.07, 6.45) is 1.08. The van der Waals surface area contributed by atoms with Crippen molar-refractivity contribution in [2.45, 2.75) is 26.2 Å². The van der Waals surface area contributed by atoms with Crippen LogP contribution in [-0.4, -0.2) is 18.0 Å². The summed E-state index contributed by atoms with van der Waals surface area (Å²) in [5.41, 5.74) is 4.91. The van der Waals surface area contributed by atoms with Crippen molar-refractivity contribution in [2.75, 3.05) is 12.4 Å². The molecule has 0 aliphatic heterocycles. The number of methoxy groups -OCH3 is 1. The fourth-order valence-corrected chi connectivity index (χ4v) is 3.34. The SMILES string of the molecule is CC[C@H](C)c1ccc2oc(-c3ccc(NC(=O)c4ccccc4OC)cc3)nc2c1. The van der Waals surface area contributed by atoms with Crippen LogP contribution in [-0.2, 0) is 0 Å². The molecule has 0 unspecified atom stereocenters. The van der Waals surface area contributed by atoms with Gasteiger partial charge in [0, 0.05) is 11.3 Å². The minimum atomic E-state index is -0.223. The molecule has 1 amide bonds. The van der Waals surface area contributed by atoms with Crippen molar-refractivity contribution in [1.82, 2.24) is 4.98 Å². The monoisotopic (exact) mass is 400 g/mol. The Balaban J connectivity index is 1.54. The first kappa shape index (κ1) is 19.7. The fraction of sp³-hybridized carbons (Fsp3) is 0.200. The number of hydrogen-bond donors (Lipinski definition) is 1. The van der Waals surface area contributed by atoms with E-state index in [0.717, 1.165) is 23.1 Å². The lowest BCUT2D eigenvalue weighted by Crippen LogP contribution is -2.12. The van der Waals surface area contributed by atoms with Gasteiger partial charge in [-0.2, -0.15) is 0 Å². The molecule has 1 heterocycles. The molecule has 0 fully saturated rings. The summed E-state index contributed by atoms with van der Waals surface area (Å²) in [5, 5.41) is 2.89. The maximum absolute atomic E-state index is 12.6. The Labute approximate surface area is 175 Å². The van der Waals surface area contributed by atoms with Gasteiger partial charge in [-0.05, 0) is 66.4 Å². The zero-order valence-electron chi connectivity index (χ0n) is 17.3. The van der Waals surface area contributed by atoms with Crippen molar-refractivity contribution in [2.24, 2.45) is 0 Å². The Morgan fingerprint density at radius 2 is 1.87 bits per heavy atom. The lowest BCUT2D eigenvalue weighted by atomic mass is 9.98. The second kappa shape index (κ2) is 8.41. The van der Waals surface area contributed by atoms with Gasteiger partial charge in [0.15, 0.2) is 5.58 Å². The van der Waals surface area contributed by atoms with E-state index in [1.807, 2.05) is 36.4 Å². The van der Waals surface area contributed by atoms with E-state index in [9.17, 15) is 4.79 Å². The first-order valence-corrected chi connectivity index (χ1v) is 10.0. The highest BCUT2D eigenvalue weighted by molar-refractivity contribution is 6.06. The molecule has 0 saturated heterocycles. The van der Waals surface area contributed by atoms with Crippen LogP contribution in [0, 0.1) is 0 Å². The van der Waals surface area contributed by atoms with E-state index < -0.39 is 0 Å². The van der Waals surface area contributed by atoms with Gasteiger partial charge in [-0.3, -0.25) is 4.79 Å². The number of fused-ring (bicyclic) bond motifs is 1. The van der Waals surface area contributed by atoms with Crippen molar-refractivity contribution >= 4 is 22.7 Å². The molecule has 0 radical (unpaired) electrons. The molecule has 0 spiro atoms. The van der Waals surface area contributed by atoms with Gasteiger partial charge in [-0.15, -0.1) is 0 Å². The molecule has 1 atom stereocenters. The first-order chi connectivity index (χ1) is 14.6. The Hall–Kier alpha value is -3.60. The van der Waals surface area contributed by atoms with E-state index in [1.54, 1.807) is 25.3 Å². The standard InChI is InChI=1S/C25H24N2O3/c1-4-16(2)18-11-14-23-21(15-18)27-25(30-23)17-9-12-19(13-10-17)26-24(28)20-7-5-6-8-22(20)29-3/h5-16H,4H2,1-3H3,(H,26,28)/t16-/m0/s1. The van der Waals surface area contributed by atoms with Crippen LogP contribution in [0.15, 0.2) is 71.1 Å². The van der Waals surface area contributed by atoms with Crippen molar-refractivity contribution < 1.29 is 13.9 Å². The molecule has 0 aliphatic rings. The molecule has 152 valence electrons. The van der Waals surface area contributed by atoms with Gasteiger partial charge >= 0.3 is 0 Å². The van der Waals surface area contributed by atoms with Crippen molar-refractivity contribution in [3.8, 4) is 17.2 Å². The number of oxazole rings is 1. The predicted molar refractivity (Wildman–Crippen MR) is 119 cm³/mol. The van der Waals surface area contributed by atoms with Gasteiger partial charge in [0.2, 0.25) is 5.89 Å². The summed E-state index contributed by atoms with van der Waals surface area (Å²) in [6, 6.07) is 20.7. The number of benzene rings is 3. The normalized spacial score (nSPS) is 12.0. The molecule has 0 saturated carbocycles. The third-order valence-electron chi connectivity index (χ3n) is 5.33. The highest BCUT2D eigenvalue weighted by atomic mass is 16.5. The van der Waals surface area contributed by atoms with Gasteiger partial charge < -0.3 is 14.5 Å². The summed E-state index contributed by atoms with van der Waals surface area (Å²) in [4.78, 5) is 17.2. The average molecular weight is 400 g/mol. The number of amides is 1. The van der Waals surface area contributed by atoms with Crippen LogP contribution in [0.2, 0.25) is 0 Å². The predicted octanol–water partition coefficient (Wildman–Crippen LogP) is 6.27. The molecule has 5 heteroatoms. The number of nitrogens with one attached hydrogen (secondary N) is 1. The third kappa shape index (κ3) is 3.92. The number of anilines is 1. The minimum absolute atomic E-state index is 0.223. The topological polar surface area (TPSA) is 64.4 Å². The number of ether oxygens (including phenoxy) is 1. The van der Waals surface area contributed by atoms with Gasteiger partial charge in [-0.25, -0.2) is 4.98 Å². The second-order valence-electron chi connectivity index (χ2n) is 7.29. The Morgan fingerprint density at radius 3 is 2.60 bits per heavy atom. The maximum atomic E-state index is 12.6. The Bertz CT molecular complexity index is 1180. The molecular weight excluding hydrogens is 376 g/mol. The second-order valence-corrected chi connectivity index (χ2v) is 7.29. The van der Waals surface area contributed by atoms with Crippen LogP contribution in [0.5, 0.6) is 5.75 Å². The number of hydrogen-bond acceptors (Lipinski definition) is 4. The lowest BCUT2D eigenvalue weighted by Gasteiger charge is -2.09. The largest absolute Gasteiger partial charge is 0.496 e. The smallest absolute Gasteiger partial charge is 0.259 e. The quantitative estimate of drug-likeness (QED) is 0.414. The van der Waals surface area contributed by atoms with Crippen LogP contribution >= 0.6 is 0 Å². The average Bonchev–Trinajstić information content (AvgIpc) is 3.22.